The highest BCUT2D eigenvalue weighted by atomic mass is 19.1. The fraction of sp³-hybridized carbons (Fsp3) is 0.333. The Balaban J connectivity index is 2.09. The number of amides is 1. The number of hydrogen-bond donors (Lipinski definition) is 1. The molecule has 1 aromatic rings. The van der Waals surface area contributed by atoms with Gasteiger partial charge in [-0.05, 0) is 18.6 Å². The Bertz CT molecular complexity index is 461. The molecule has 0 aromatic heterocycles. The Hall–Kier alpha value is -1.91. The average Bonchev–Trinajstić information content (AvgIpc) is 2.77. The molecule has 0 spiro atoms. The number of hydrogen-bond acceptors (Lipinski definition) is 2. The van der Waals surface area contributed by atoms with Crippen molar-refractivity contribution >= 4 is 11.9 Å². The van der Waals surface area contributed by atoms with Crippen LogP contribution in [0.3, 0.4) is 0 Å². The van der Waals surface area contributed by atoms with Crippen molar-refractivity contribution in [3.8, 4) is 0 Å². The van der Waals surface area contributed by atoms with E-state index in [0.717, 1.165) is 6.07 Å². The van der Waals surface area contributed by atoms with Crippen molar-refractivity contribution in [2.24, 2.45) is 5.92 Å². The number of carbonyl (C=O) groups excluding carboxylic acids is 1. The Morgan fingerprint density at radius 1 is 1.53 bits per heavy atom. The van der Waals surface area contributed by atoms with Gasteiger partial charge in [-0.15, -0.1) is 0 Å². The molecule has 0 bridgehead atoms. The lowest BCUT2D eigenvalue weighted by Crippen LogP contribution is -2.29. The summed E-state index contributed by atoms with van der Waals surface area (Å²) in [6.07, 6.45) is 0.447. The maximum absolute atomic E-state index is 12.9. The number of nitrogens with zero attached hydrogens (tertiary/aromatic N) is 1. The number of carbonyl (C=O) groups is 2. The molecule has 2 rings (SSSR count). The van der Waals surface area contributed by atoms with E-state index in [-0.39, 0.29) is 18.0 Å². The van der Waals surface area contributed by atoms with E-state index < -0.39 is 17.7 Å². The number of likely N-dealkylation sites (tertiary alicyclic amines) is 1. The highest BCUT2D eigenvalue weighted by Gasteiger charge is 2.31. The number of aliphatic carboxylic acids is 1. The summed E-state index contributed by atoms with van der Waals surface area (Å²) in [5.74, 6) is -2.33. The SMILES string of the molecule is O=C(O)[C@@H]1CCN(C(=O)c2cc[c]c(F)c2)C1. The fourth-order valence-corrected chi connectivity index (χ4v) is 1.90. The second-order valence-corrected chi connectivity index (χ2v) is 4.00. The number of rotatable bonds is 2. The van der Waals surface area contributed by atoms with Gasteiger partial charge >= 0.3 is 5.97 Å². The van der Waals surface area contributed by atoms with E-state index >= 15 is 0 Å². The van der Waals surface area contributed by atoms with Gasteiger partial charge < -0.3 is 10.0 Å². The van der Waals surface area contributed by atoms with E-state index in [1.54, 1.807) is 0 Å². The third-order valence-corrected chi connectivity index (χ3v) is 2.84. The van der Waals surface area contributed by atoms with Crippen LogP contribution in [-0.2, 0) is 4.79 Å². The number of carboxylic acids is 1. The molecular formula is C12H11FNO3. The smallest absolute Gasteiger partial charge is 0.308 e. The van der Waals surface area contributed by atoms with Gasteiger partial charge in [0.25, 0.3) is 5.91 Å². The van der Waals surface area contributed by atoms with E-state index in [2.05, 4.69) is 6.07 Å². The molecule has 1 fully saturated rings. The third kappa shape index (κ3) is 2.43. The predicted octanol–water partition coefficient (Wildman–Crippen LogP) is 1.17. The molecule has 1 aliphatic heterocycles. The molecule has 17 heavy (non-hydrogen) atoms. The number of halogens is 1. The van der Waals surface area contributed by atoms with Crippen molar-refractivity contribution in [1.29, 1.82) is 0 Å². The maximum atomic E-state index is 12.9. The van der Waals surface area contributed by atoms with Gasteiger partial charge in [-0.2, -0.15) is 0 Å². The van der Waals surface area contributed by atoms with Crippen molar-refractivity contribution in [3.63, 3.8) is 0 Å². The molecule has 1 aliphatic rings. The molecule has 1 amide bonds. The Morgan fingerprint density at radius 3 is 2.88 bits per heavy atom. The van der Waals surface area contributed by atoms with Crippen LogP contribution in [-0.4, -0.2) is 35.0 Å². The van der Waals surface area contributed by atoms with Crippen LogP contribution in [0.25, 0.3) is 0 Å². The molecule has 5 heteroatoms. The first kappa shape index (κ1) is 11.6. The minimum Gasteiger partial charge on any atom is -0.481 e. The van der Waals surface area contributed by atoms with Gasteiger partial charge in [0.1, 0.15) is 5.82 Å². The van der Waals surface area contributed by atoms with Gasteiger partial charge in [-0.25, -0.2) is 4.39 Å². The zero-order chi connectivity index (χ0) is 12.4. The predicted molar refractivity (Wildman–Crippen MR) is 56.9 cm³/mol. The van der Waals surface area contributed by atoms with Gasteiger partial charge in [0.05, 0.1) is 5.92 Å². The minimum absolute atomic E-state index is 0.189. The molecule has 0 unspecified atom stereocenters. The summed E-state index contributed by atoms with van der Waals surface area (Å²) in [5.41, 5.74) is 0.229. The first-order valence-corrected chi connectivity index (χ1v) is 5.27. The molecule has 1 N–H and O–H groups in total. The largest absolute Gasteiger partial charge is 0.481 e. The second kappa shape index (κ2) is 4.53. The Morgan fingerprint density at radius 2 is 2.29 bits per heavy atom. The van der Waals surface area contributed by atoms with Crippen LogP contribution in [0.2, 0.25) is 0 Å². The normalized spacial score (nSPS) is 19.4. The van der Waals surface area contributed by atoms with Crippen molar-refractivity contribution in [3.05, 3.63) is 35.6 Å². The van der Waals surface area contributed by atoms with Crippen LogP contribution in [0.1, 0.15) is 16.8 Å². The van der Waals surface area contributed by atoms with E-state index in [0.29, 0.717) is 13.0 Å². The molecule has 1 atom stereocenters. The monoisotopic (exact) mass is 236 g/mol. The van der Waals surface area contributed by atoms with E-state index in [9.17, 15) is 14.0 Å². The lowest BCUT2D eigenvalue weighted by atomic mass is 10.1. The highest BCUT2D eigenvalue weighted by molar-refractivity contribution is 5.94. The summed E-state index contributed by atoms with van der Waals surface area (Å²) in [6, 6.07) is 6.23. The standard InChI is InChI=1S/C12H11FNO3/c13-10-3-1-2-8(6-10)11(15)14-5-4-9(7-14)12(16)17/h1-2,6,9H,4-5,7H2,(H,16,17)/t9-/m1/s1. The number of carboxylic acid groups (broad SMARTS) is 1. The molecule has 89 valence electrons. The summed E-state index contributed by atoms with van der Waals surface area (Å²) in [5, 5.41) is 8.82. The summed E-state index contributed by atoms with van der Waals surface area (Å²) in [4.78, 5) is 24.1. The molecule has 0 aliphatic carbocycles. The van der Waals surface area contributed by atoms with Gasteiger partial charge in [0.15, 0.2) is 0 Å². The molecular weight excluding hydrogens is 225 g/mol. The quantitative estimate of drug-likeness (QED) is 0.838. The Kier molecular flexibility index (Phi) is 3.08. The first-order valence-electron chi connectivity index (χ1n) is 5.27. The summed E-state index contributed by atoms with van der Waals surface area (Å²) >= 11 is 0. The zero-order valence-electron chi connectivity index (χ0n) is 9.02. The van der Waals surface area contributed by atoms with Crippen molar-refractivity contribution in [2.75, 3.05) is 13.1 Å². The fourth-order valence-electron chi connectivity index (χ4n) is 1.90. The second-order valence-electron chi connectivity index (χ2n) is 4.00. The summed E-state index contributed by atoms with van der Waals surface area (Å²) < 4.78 is 12.9. The van der Waals surface area contributed by atoms with Crippen LogP contribution >= 0.6 is 0 Å². The maximum Gasteiger partial charge on any atom is 0.308 e. The van der Waals surface area contributed by atoms with Crippen LogP contribution in [0.15, 0.2) is 18.2 Å². The number of benzene rings is 1. The first-order chi connectivity index (χ1) is 8.08. The Labute approximate surface area is 97.7 Å². The van der Waals surface area contributed by atoms with Gasteiger partial charge in [0.2, 0.25) is 0 Å². The van der Waals surface area contributed by atoms with Crippen LogP contribution < -0.4 is 0 Å². The zero-order valence-corrected chi connectivity index (χ0v) is 9.02. The van der Waals surface area contributed by atoms with Crippen molar-refractivity contribution in [2.45, 2.75) is 6.42 Å². The van der Waals surface area contributed by atoms with Gasteiger partial charge in [-0.1, -0.05) is 6.07 Å². The van der Waals surface area contributed by atoms with Crippen molar-refractivity contribution < 1.29 is 19.1 Å². The molecule has 1 radical (unpaired) electrons. The molecule has 1 saturated heterocycles. The van der Waals surface area contributed by atoms with Crippen LogP contribution in [0.5, 0.6) is 0 Å². The van der Waals surface area contributed by atoms with E-state index in [1.807, 2.05) is 0 Å². The lowest BCUT2D eigenvalue weighted by molar-refractivity contribution is -0.141. The summed E-state index contributed by atoms with van der Waals surface area (Å²) in [6.45, 7) is 0.588. The molecule has 1 aromatic carbocycles. The lowest BCUT2D eigenvalue weighted by Gasteiger charge is -2.15. The summed E-state index contributed by atoms with van der Waals surface area (Å²) in [7, 11) is 0. The molecule has 0 saturated carbocycles. The van der Waals surface area contributed by atoms with Crippen LogP contribution in [0.4, 0.5) is 4.39 Å². The van der Waals surface area contributed by atoms with E-state index in [4.69, 9.17) is 5.11 Å². The van der Waals surface area contributed by atoms with Gasteiger partial charge in [-0.3, -0.25) is 9.59 Å². The minimum atomic E-state index is -0.895. The third-order valence-electron chi connectivity index (χ3n) is 2.84. The molecule has 4 nitrogen and oxygen atoms in total. The van der Waals surface area contributed by atoms with Gasteiger partial charge in [0, 0.05) is 24.7 Å². The molecule has 1 heterocycles. The highest BCUT2D eigenvalue weighted by Crippen LogP contribution is 2.19. The van der Waals surface area contributed by atoms with E-state index in [1.165, 1.54) is 17.0 Å². The topological polar surface area (TPSA) is 57.6 Å². The van der Waals surface area contributed by atoms with Crippen molar-refractivity contribution in [1.82, 2.24) is 4.90 Å². The van der Waals surface area contributed by atoms with Crippen LogP contribution in [0, 0.1) is 17.8 Å². The average molecular weight is 236 g/mol.